The van der Waals surface area contributed by atoms with E-state index in [1.54, 1.807) is 7.11 Å². The van der Waals surface area contributed by atoms with Gasteiger partial charge in [0, 0.05) is 19.4 Å². The first-order valence-electron chi connectivity index (χ1n) is 6.69. The highest BCUT2D eigenvalue weighted by Crippen LogP contribution is 2.38. The van der Waals surface area contributed by atoms with Gasteiger partial charge in [0.1, 0.15) is 5.75 Å². The van der Waals surface area contributed by atoms with Crippen LogP contribution in [0.5, 0.6) is 5.75 Å². The second-order valence-corrected chi connectivity index (χ2v) is 5.49. The van der Waals surface area contributed by atoms with Crippen LogP contribution in [0.15, 0.2) is 18.2 Å². The topological polar surface area (TPSA) is 38.7 Å². The lowest BCUT2D eigenvalue weighted by molar-refractivity contribution is -0.124. The molecule has 3 nitrogen and oxygen atoms in total. The van der Waals surface area contributed by atoms with E-state index >= 15 is 0 Å². The normalized spacial score (nSPS) is 31.1. The molecule has 1 aliphatic carbocycles. The molecule has 0 amide bonds. The lowest BCUT2D eigenvalue weighted by Crippen LogP contribution is -2.46. The van der Waals surface area contributed by atoms with Gasteiger partial charge < -0.3 is 14.6 Å². The van der Waals surface area contributed by atoms with Crippen LogP contribution in [-0.4, -0.2) is 30.5 Å². The van der Waals surface area contributed by atoms with Gasteiger partial charge in [-0.05, 0) is 42.5 Å². The Morgan fingerprint density at radius 1 is 1.39 bits per heavy atom. The maximum Gasteiger partial charge on any atom is 0.119 e. The summed E-state index contributed by atoms with van der Waals surface area (Å²) in [4.78, 5) is 0. The Bertz CT molecular complexity index is 443. The summed E-state index contributed by atoms with van der Waals surface area (Å²) in [5, 5.41) is 9.87. The summed E-state index contributed by atoms with van der Waals surface area (Å²) in [6.45, 7) is 0.681. The molecule has 1 N–H and O–H groups in total. The zero-order valence-electron chi connectivity index (χ0n) is 10.8. The van der Waals surface area contributed by atoms with Gasteiger partial charge in [0.05, 0.1) is 18.8 Å². The van der Waals surface area contributed by atoms with Crippen molar-refractivity contribution in [2.24, 2.45) is 0 Å². The quantitative estimate of drug-likeness (QED) is 0.827. The molecule has 0 aromatic heterocycles. The number of aliphatic hydroxyl groups excluding tert-OH is 1. The van der Waals surface area contributed by atoms with Crippen LogP contribution < -0.4 is 4.74 Å². The third kappa shape index (κ3) is 2.13. The lowest BCUT2D eigenvalue weighted by Gasteiger charge is -2.42. The standard InChI is InChI=1S/C15H20O3/c1-17-14-3-2-11-4-6-15(9-12(11)8-14)10-13(16)5-7-18-15/h2-3,8,13,16H,4-7,9-10H2,1H3. The predicted octanol–water partition coefficient (Wildman–Crippen LogP) is 2.09. The van der Waals surface area contributed by atoms with E-state index in [9.17, 15) is 5.11 Å². The Hall–Kier alpha value is -1.06. The number of aryl methyl sites for hydroxylation is 1. The highest BCUT2D eigenvalue weighted by molar-refractivity contribution is 5.38. The molecule has 1 aromatic rings. The van der Waals surface area contributed by atoms with E-state index < -0.39 is 0 Å². The molecule has 1 spiro atoms. The number of fused-ring (bicyclic) bond motifs is 1. The first-order chi connectivity index (χ1) is 8.71. The number of hydrogen-bond acceptors (Lipinski definition) is 3. The molecule has 0 bridgehead atoms. The van der Waals surface area contributed by atoms with Crippen molar-refractivity contribution < 1.29 is 14.6 Å². The van der Waals surface area contributed by atoms with E-state index in [0.717, 1.165) is 37.9 Å². The van der Waals surface area contributed by atoms with Gasteiger partial charge in [-0.15, -0.1) is 0 Å². The molecule has 1 heterocycles. The third-order valence-electron chi connectivity index (χ3n) is 4.24. The van der Waals surface area contributed by atoms with Crippen molar-refractivity contribution in [2.75, 3.05) is 13.7 Å². The minimum Gasteiger partial charge on any atom is -0.497 e. The molecule has 3 rings (SSSR count). The summed E-state index contributed by atoms with van der Waals surface area (Å²) in [6.07, 6.45) is 4.29. The first kappa shape index (κ1) is 12.0. The molecule has 0 saturated carbocycles. The van der Waals surface area contributed by atoms with E-state index in [1.807, 2.05) is 6.07 Å². The van der Waals surface area contributed by atoms with E-state index in [2.05, 4.69) is 12.1 Å². The van der Waals surface area contributed by atoms with E-state index in [0.29, 0.717) is 6.61 Å². The van der Waals surface area contributed by atoms with Gasteiger partial charge in [0.15, 0.2) is 0 Å². The summed E-state index contributed by atoms with van der Waals surface area (Å²) >= 11 is 0. The molecule has 1 aliphatic heterocycles. The molecule has 3 heteroatoms. The summed E-state index contributed by atoms with van der Waals surface area (Å²) < 4.78 is 11.3. The van der Waals surface area contributed by atoms with Crippen LogP contribution in [0.3, 0.4) is 0 Å². The molecule has 0 radical (unpaired) electrons. The maximum absolute atomic E-state index is 9.87. The van der Waals surface area contributed by atoms with Crippen LogP contribution >= 0.6 is 0 Å². The minimum absolute atomic E-state index is 0.142. The predicted molar refractivity (Wildman–Crippen MR) is 68.9 cm³/mol. The molecule has 98 valence electrons. The van der Waals surface area contributed by atoms with Gasteiger partial charge in [-0.1, -0.05) is 6.07 Å². The van der Waals surface area contributed by atoms with Crippen molar-refractivity contribution in [1.82, 2.24) is 0 Å². The van der Waals surface area contributed by atoms with Crippen LogP contribution in [0.1, 0.15) is 30.4 Å². The van der Waals surface area contributed by atoms with Crippen molar-refractivity contribution >= 4 is 0 Å². The van der Waals surface area contributed by atoms with Gasteiger partial charge >= 0.3 is 0 Å². The molecule has 1 aromatic carbocycles. The summed E-state index contributed by atoms with van der Waals surface area (Å²) in [5.74, 6) is 0.905. The number of aliphatic hydroxyl groups is 1. The van der Waals surface area contributed by atoms with E-state index in [4.69, 9.17) is 9.47 Å². The molecule has 18 heavy (non-hydrogen) atoms. The Morgan fingerprint density at radius 2 is 2.28 bits per heavy atom. The zero-order chi connectivity index (χ0) is 12.6. The molecule has 1 saturated heterocycles. The van der Waals surface area contributed by atoms with Crippen LogP contribution in [0.2, 0.25) is 0 Å². The highest BCUT2D eigenvalue weighted by Gasteiger charge is 2.39. The second kappa shape index (κ2) is 4.56. The highest BCUT2D eigenvalue weighted by atomic mass is 16.5. The fourth-order valence-electron chi connectivity index (χ4n) is 3.23. The summed E-state index contributed by atoms with van der Waals surface area (Å²) in [5.41, 5.74) is 2.57. The smallest absolute Gasteiger partial charge is 0.119 e. The Labute approximate surface area is 108 Å². The number of benzene rings is 1. The first-order valence-corrected chi connectivity index (χ1v) is 6.69. The van der Waals surface area contributed by atoms with Crippen molar-refractivity contribution in [3.63, 3.8) is 0 Å². The van der Waals surface area contributed by atoms with Gasteiger partial charge in [0.25, 0.3) is 0 Å². The van der Waals surface area contributed by atoms with Crippen LogP contribution in [0.25, 0.3) is 0 Å². The van der Waals surface area contributed by atoms with Crippen molar-refractivity contribution in [2.45, 2.75) is 43.8 Å². The number of methoxy groups -OCH3 is 1. The van der Waals surface area contributed by atoms with Crippen molar-refractivity contribution in [1.29, 1.82) is 0 Å². The number of rotatable bonds is 1. The SMILES string of the molecule is COc1ccc2c(c1)CC1(CC2)CC(O)CCO1. The molecule has 1 fully saturated rings. The fourth-order valence-corrected chi connectivity index (χ4v) is 3.23. The zero-order valence-corrected chi connectivity index (χ0v) is 10.8. The van der Waals surface area contributed by atoms with E-state index in [1.165, 1.54) is 11.1 Å². The summed E-state index contributed by atoms with van der Waals surface area (Å²) in [6, 6.07) is 6.29. The number of hydrogen-bond donors (Lipinski definition) is 1. The van der Waals surface area contributed by atoms with Gasteiger partial charge in [-0.2, -0.15) is 0 Å². The van der Waals surface area contributed by atoms with Crippen molar-refractivity contribution in [3.8, 4) is 5.75 Å². The largest absolute Gasteiger partial charge is 0.497 e. The summed E-state index contributed by atoms with van der Waals surface area (Å²) in [7, 11) is 1.70. The Balaban J connectivity index is 1.87. The van der Waals surface area contributed by atoms with E-state index in [-0.39, 0.29) is 11.7 Å². The second-order valence-electron chi connectivity index (χ2n) is 5.49. The maximum atomic E-state index is 9.87. The monoisotopic (exact) mass is 248 g/mol. The molecule has 2 atom stereocenters. The van der Waals surface area contributed by atoms with Crippen LogP contribution in [-0.2, 0) is 17.6 Å². The van der Waals surface area contributed by atoms with Gasteiger partial charge in [-0.25, -0.2) is 0 Å². The average Bonchev–Trinajstić information content (AvgIpc) is 2.37. The minimum atomic E-state index is -0.203. The Kier molecular flexibility index (Phi) is 3.04. The molecular weight excluding hydrogens is 228 g/mol. The molecule has 2 unspecified atom stereocenters. The fraction of sp³-hybridized carbons (Fsp3) is 0.600. The lowest BCUT2D eigenvalue weighted by atomic mass is 9.76. The average molecular weight is 248 g/mol. The van der Waals surface area contributed by atoms with Gasteiger partial charge in [0.2, 0.25) is 0 Å². The van der Waals surface area contributed by atoms with Crippen molar-refractivity contribution in [3.05, 3.63) is 29.3 Å². The number of ether oxygens (including phenoxy) is 2. The van der Waals surface area contributed by atoms with Crippen LogP contribution in [0, 0.1) is 0 Å². The third-order valence-corrected chi connectivity index (χ3v) is 4.24. The van der Waals surface area contributed by atoms with Gasteiger partial charge in [-0.3, -0.25) is 0 Å². The molecular formula is C15H20O3. The molecule has 2 aliphatic rings. The van der Waals surface area contributed by atoms with Crippen LogP contribution in [0.4, 0.5) is 0 Å². The Morgan fingerprint density at radius 3 is 3.06 bits per heavy atom.